The molecule has 5 heteroatoms. The first kappa shape index (κ1) is 22.5. The number of hydrogen-bond acceptors (Lipinski definition) is 3. The van der Waals surface area contributed by atoms with E-state index in [0.29, 0.717) is 18.0 Å². The Kier molecular flexibility index (Phi) is 8.06. The molecule has 0 unspecified atom stereocenters. The molecule has 1 aliphatic carbocycles. The molecule has 30 heavy (non-hydrogen) atoms. The topological polar surface area (TPSA) is 49.4 Å². The molecule has 0 atom stereocenters. The van der Waals surface area contributed by atoms with Gasteiger partial charge in [0.05, 0.1) is 0 Å². The Hall–Kier alpha value is -2.17. The van der Waals surface area contributed by atoms with Crippen LogP contribution in [0.1, 0.15) is 48.9 Å². The fourth-order valence-corrected chi connectivity index (χ4v) is 3.99. The number of rotatable bonds is 8. The van der Waals surface area contributed by atoms with Crippen LogP contribution in [0.4, 0.5) is 0 Å². The standard InChI is InChI=1S/C25H30N2O2.ClH/c28-24(22-10-8-21(9-11-22)20-4-2-1-3-5-20)12-13-25(29)27-16-14-23(15-17-27)26-18-19-6-7-19;/h1-5,8-11,19,23,26H,6-7,12-18H2;1H. The molecule has 1 saturated heterocycles. The molecule has 0 spiro atoms. The molecule has 160 valence electrons. The van der Waals surface area contributed by atoms with Crippen molar-refractivity contribution in [2.24, 2.45) is 5.92 Å². The van der Waals surface area contributed by atoms with Gasteiger partial charge in [0.25, 0.3) is 0 Å². The van der Waals surface area contributed by atoms with Crippen LogP contribution in [-0.2, 0) is 4.79 Å². The van der Waals surface area contributed by atoms with Gasteiger partial charge < -0.3 is 10.2 Å². The van der Waals surface area contributed by atoms with Crippen molar-refractivity contribution in [1.82, 2.24) is 10.2 Å². The van der Waals surface area contributed by atoms with E-state index in [9.17, 15) is 9.59 Å². The average Bonchev–Trinajstić information content (AvgIpc) is 3.61. The second-order valence-electron chi connectivity index (χ2n) is 8.37. The Balaban J connectivity index is 0.00000256. The van der Waals surface area contributed by atoms with Crippen LogP contribution in [0, 0.1) is 5.92 Å². The Morgan fingerprint density at radius 2 is 1.47 bits per heavy atom. The molecule has 0 aromatic heterocycles. The largest absolute Gasteiger partial charge is 0.343 e. The monoisotopic (exact) mass is 426 g/mol. The third-order valence-corrected chi connectivity index (χ3v) is 6.12. The van der Waals surface area contributed by atoms with Crippen molar-refractivity contribution in [3.8, 4) is 11.1 Å². The van der Waals surface area contributed by atoms with Crippen LogP contribution >= 0.6 is 12.4 Å². The number of nitrogens with zero attached hydrogens (tertiary/aromatic N) is 1. The molecule has 2 fully saturated rings. The number of carbonyl (C=O) groups is 2. The maximum absolute atomic E-state index is 12.5. The fraction of sp³-hybridized carbons (Fsp3) is 0.440. The van der Waals surface area contributed by atoms with Crippen molar-refractivity contribution in [2.75, 3.05) is 19.6 Å². The van der Waals surface area contributed by atoms with Gasteiger partial charge in [-0.3, -0.25) is 9.59 Å². The quantitative estimate of drug-likeness (QED) is 0.621. The highest BCUT2D eigenvalue weighted by Crippen LogP contribution is 2.28. The van der Waals surface area contributed by atoms with Gasteiger partial charge in [-0.1, -0.05) is 54.6 Å². The van der Waals surface area contributed by atoms with Crippen molar-refractivity contribution >= 4 is 24.1 Å². The molecule has 4 nitrogen and oxygen atoms in total. The first-order valence-corrected chi connectivity index (χ1v) is 10.9. The second-order valence-corrected chi connectivity index (χ2v) is 8.37. The number of Topliss-reactive ketones (excluding diaryl/α,β-unsaturated/α-hetero) is 1. The van der Waals surface area contributed by atoms with Crippen molar-refractivity contribution in [3.63, 3.8) is 0 Å². The number of piperidine rings is 1. The SMILES string of the molecule is Cl.O=C(CCC(=O)N1CCC(NCC2CC2)CC1)c1ccc(-c2ccccc2)cc1. The third kappa shape index (κ3) is 6.16. The normalized spacial score (nSPS) is 16.7. The molecule has 1 heterocycles. The first-order valence-electron chi connectivity index (χ1n) is 10.9. The zero-order chi connectivity index (χ0) is 20.1. The van der Waals surface area contributed by atoms with Gasteiger partial charge in [-0.15, -0.1) is 12.4 Å². The highest BCUT2D eigenvalue weighted by Gasteiger charge is 2.26. The van der Waals surface area contributed by atoms with Gasteiger partial charge in [0.15, 0.2) is 5.78 Å². The number of nitrogens with one attached hydrogen (secondary N) is 1. The molecule has 0 bridgehead atoms. The summed E-state index contributed by atoms with van der Waals surface area (Å²) in [6.07, 6.45) is 5.37. The molecule has 1 aliphatic heterocycles. The number of halogens is 1. The summed E-state index contributed by atoms with van der Waals surface area (Å²) in [4.78, 5) is 26.9. The minimum atomic E-state index is 0. The lowest BCUT2D eigenvalue weighted by atomic mass is 10.0. The minimum absolute atomic E-state index is 0. The molecule has 2 aromatic carbocycles. The number of ketones is 1. The molecule has 4 rings (SSSR count). The lowest BCUT2D eigenvalue weighted by Crippen LogP contribution is -2.45. The second kappa shape index (κ2) is 10.7. The first-order chi connectivity index (χ1) is 14.2. The Morgan fingerprint density at radius 1 is 0.833 bits per heavy atom. The van der Waals surface area contributed by atoms with Crippen molar-refractivity contribution < 1.29 is 9.59 Å². The molecule has 1 amide bonds. The highest BCUT2D eigenvalue weighted by molar-refractivity contribution is 5.98. The predicted molar refractivity (Wildman–Crippen MR) is 123 cm³/mol. The summed E-state index contributed by atoms with van der Waals surface area (Å²) in [5.41, 5.74) is 2.91. The van der Waals surface area contributed by atoms with Crippen LogP contribution in [0.2, 0.25) is 0 Å². The van der Waals surface area contributed by atoms with E-state index in [1.165, 1.54) is 12.8 Å². The van der Waals surface area contributed by atoms with Gasteiger partial charge in [0.1, 0.15) is 0 Å². The lowest BCUT2D eigenvalue weighted by molar-refractivity contribution is -0.132. The lowest BCUT2D eigenvalue weighted by Gasteiger charge is -2.32. The number of amides is 1. The maximum Gasteiger partial charge on any atom is 0.223 e. The fourth-order valence-electron chi connectivity index (χ4n) is 3.99. The summed E-state index contributed by atoms with van der Waals surface area (Å²) < 4.78 is 0. The van der Waals surface area contributed by atoms with E-state index in [1.54, 1.807) is 0 Å². The van der Waals surface area contributed by atoms with E-state index in [-0.39, 0.29) is 30.5 Å². The molecular formula is C25H31ClN2O2. The number of carbonyl (C=O) groups excluding carboxylic acids is 2. The Morgan fingerprint density at radius 3 is 2.10 bits per heavy atom. The summed E-state index contributed by atoms with van der Waals surface area (Å²) >= 11 is 0. The van der Waals surface area contributed by atoms with Crippen LogP contribution in [0.15, 0.2) is 54.6 Å². The summed E-state index contributed by atoms with van der Waals surface area (Å²) in [5.74, 6) is 1.04. The van der Waals surface area contributed by atoms with Crippen molar-refractivity contribution in [2.45, 2.75) is 44.6 Å². The molecule has 2 aliphatic rings. The summed E-state index contributed by atoms with van der Waals surface area (Å²) in [5, 5.41) is 3.64. The number of benzene rings is 2. The van der Waals surface area contributed by atoms with Crippen LogP contribution in [0.5, 0.6) is 0 Å². The van der Waals surface area contributed by atoms with Gasteiger partial charge in [-0.25, -0.2) is 0 Å². The van der Waals surface area contributed by atoms with Crippen molar-refractivity contribution in [1.29, 1.82) is 0 Å². The van der Waals surface area contributed by atoms with Crippen molar-refractivity contribution in [3.05, 3.63) is 60.2 Å². The van der Waals surface area contributed by atoms with Gasteiger partial charge in [-0.2, -0.15) is 0 Å². The third-order valence-electron chi connectivity index (χ3n) is 6.12. The average molecular weight is 427 g/mol. The van der Waals surface area contributed by atoms with E-state index >= 15 is 0 Å². The van der Waals surface area contributed by atoms with E-state index in [0.717, 1.165) is 49.5 Å². The van der Waals surface area contributed by atoms with Crippen LogP contribution in [-0.4, -0.2) is 42.3 Å². The molecule has 2 aromatic rings. The van der Waals surface area contributed by atoms with Gasteiger partial charge in [0, 0.05) is 37.5 Å². The number of hydrogen-bond donors (Lipinski definition) is 1. The Labute approximate surface area is 185 Å². The van der Waals surface area contributed by atoms with Crippen LogP contribution in [0.25, 0.3) is 11.1 Å². The van der Waals surface area contributed by atoms with Gasteiger partial charge in [0.2, 0.25) is 5.91 Å². The molecule has 1 N–H and O–H groups in total. The van der Waals surface area contributed by atoms with E-state index in [2.05, 4.69) is 17.4 Å². The maximum atomic E-state index is 12.5. The summed E-state index contributed by atoms with van der Waals surface area (Å²) in [6.45, 7) is 2.75. The zero-order valence-corrected chi connectivity index (χ0v) is 18.2. The van der Waals surface area contributed by atoms with Gasteiger partial charge >= 0.3 is 0 Å². The molecule has 0 radical (unpaired) electrons. The van der Waals surface area contributed by atoms with E-state index in [1.807, 2.05) is 47.4 Å². The van der Waals surface area contributed by atoms with Gasteiger partial charge in [-0.05, 0) is 49.3 Å². The van der Waals surface area contributed by atoms with Crippen LogP contribution in [0.3, 0.4) is 0 Å². The predicted octanol–water partition coefficient (Wildman–Crippen LogP) is 4.73. The summed E-state index contributed by atoms with van der Waals surface area (Å²) in [7, 11) is 0. The minimum Gasteiger partial charge on any atom is -0.343 e. The highest BCUT2D eigenvalue weighted by atomic mass is 35.5. The van der Waals surface area contributed by atoms with E-state index in [4.69, 9.17) is 0 Å². The van der Waals surface area contributed by atoms with Crippen LogP contribution < -0.4 is 5.32 Å². The number of likely N-dealkylation sites (tertiary alicyclic amines) is 1. The van der Waals surface area contributed by atoms with E-state index < -0.39 is 0 Å². The molecular weight excluding hydrogens is 396 g/mol. The smallest absolute Gasteiger partial charge is 0.223 e. The molecule has 1 saturated carbocycles. The summed E-state index contributed by atoms with van der Waals surface area (Å²) in [6, 6.07) is 18.3. The zero-order valence-electron chi connectivity index (χ0n) is 17.4. The Bertz CT molecular complexity index is 826.